The fraction of sp³-hybridized carbons (Fsp3) is 0.545. The molecule has 1 aliphatic heterocycles. The summed E-state index contributed by atoms with van der Waals surface area (Å²) in [5.74, 6) is 0.501. The zero-order valence-electron chi connectivity index (χ0n) is 10.1. The van der Waals surface area contributed by atoms with Crippen LogP contribution in [0.25, 0.3) is 0 Å². The molecule has 98 valence electrons. The molecule has 18 heavy (non-hydrogen) atoms. The van der Waals surface area contributed by atoms with Crippen LogP contribution in [0.3, 0.4) is 0 Å². The topological polar surface area (TPSA) is 67.3 Å². The summed E-state index contributed by atoms with van der Waals surface area (Å²) in [4.78, 5) is 22.3. The lowest BCUT2D eigenvalue weighted by molar-refractivity contribution is -0.124. The van der Waals surface area contributed by atoms with Gasteiger partial charge in [-0.2, -0.15) is 0 Å². The van der Waals surface area contributed by atoms with E-state index in [1.165, 1.54) is 0 Å². The third-order valence-electron chi connectivity index (χ3n) is 2.65. The van der Waals surface area contributed by atoms with Crippen molar-refractivity contribution in [2.24, 2.45) is 0 Å². The number of anilines is 1. The molecule has 1 aliphatic rings. The Hall–Kier alpha value is -1.21. The Kier molecular flexibility index (Phi) is 4.48. The number of halogens is 1. The maximum Gasteiger partial charge on any atom is 0.245 e. The first-order valence-corrected chi connectivity index (χ1v) is 6.61. The van der Waals surface area contributed by atoms with Crippen LogP contribution in [0.5, 0.6) is 0 Å². The van der Waals surface area contributed by atoms with Crippen molar-refractivity contribution in [3.63, 3.8) is 0 Å². The van der Waals surface area contributed by atoms with E-state index in [0.717, 1.165) is 4.47 Å². The highest BCUT2D eigenvalue weighted by atomic mass is 79.9. The number of morpholine rings is 1. The molecule has 0 radical (unpaired) electrons. The van der Waals surface area contributed by atoms with Crippen LogP contribution in [0.15, 0.2) is 16.9 Å². The molecule has 0 aromatic carbocycles. The van der Waals surface area contributed by atoms with Crippen LogP contribution in [0, 0.1) is 0 Å². The van der Waals surface area contributed by atoms with Crippen LogP contribution >= 0.6 is 15.9 Å². The quantitative estimate of drug-likeness (QED) is 0.884. The van der Waals surface area contributed by atoms with E-state index in [4.69, 9.17) is 4.74 Å². The zero-order chi connectivity index (χ0) is 13.0. The van der Waals surface area contributed by atoms with Gasteiger partial charge in [0.1, 0.15) is 6.04 Å². The highest BCUT2D eigenvalue weighted by molar-refractivity contribution is 9.10. The van der Waals surface area contributed by atoms with Gasteiger partial charge in [0.2, 0.25) is 11.9 Å². The fourth-order valence-corrected chi connectivity index (χ4v) is 2.01. The summed E-state index contributed by atoms with van der Waals surface area (Å²) in [6, 6.07) is -0.361. The Morgan fingerprint density at radius 1 is 1.61 bits per heavy atom. The van der Waals surface area contributed by atoms with Crippen LogP contribution < -0.4 is 10.2 Å². The van der Waals surface area contributed by atoms with Crippen molar-refractivity contribution < 1.29 is 9.53 Å². The van der Waals surface area contributed by atoms with Gasteiger partial charge in [0, 0.05) is 25.5 Å². The van der Waals surface area contributed by atoms with Gasteiger partial charge in [0.15, 0.2) is 0 Å². The van der Waals surface area contributed by atoms with E-state index in [-0.39, 0.29) is 11.9 Å². The number of rotatable bonds is 3. The van der Waals surface area contributed by atoms with Crippen molar-refractivity contribution in [2.75, 3.05) is 31.2 Å². The minimum Gasteiger partial charge on any atom is -0.377 e. The summed E-state index contributed by atoms with van der Waals surface area (Å²) in [6.07, 6.45) is 3.35. The summed E-state index contributed by atoms with van der Waals surface area (Å²) in [5.41, 5.74) is 0. The SMILES string of the molecule is CCNC(=O)C1COCCN1c1ncc(Br)cn1. The molecule has 1 aromatic rings. The molecule has 0 aliphatic carbocycles. The number of carbonyl (C=O) groups is 1. The van der Waals surface area contributed by atoms with Gasteiger partial charge in [-0.15, -0.1) is 0 Å². The lowest BCUT2D eigenvalue weighted by atomic mass is 10.2. The molecule has 2 heterocycles. The van der Waals surface area contributed by atoms with E-state index in [1.54, 1.807) is 12.4 Å². The summed E-state index contributed by atoms with van der Waals surface area (Å²) in [5, 5.41) is 2.80. The van der Waals surface area contributed by atoms with Crippen LogP contribution in [-0.2, 0) is 9.53 Å². The average Bonchev–Trinajstić information content (AvgIpc) is 2.40. The number of aromatic nitrogens is 2. The van der Waals surface area contributed by atoms with E-state index in [0.29, 0.717) is 32.3 Å². The lowest BCUT2D eigenvalue weighted by Crippen LogP contribution is -2.54. The summed E-state index contributed by atoms with van der Waals surface area (Å²) in [7, 11) is 0. The number of hydrogen-bond acceptors (Lipinski definition) is 5. The average molecular weight is 315 g/mol. The molecule has 0 bridgehead atoms. The maximum absolute atomic E-state index is 12.0. The largest absolute Gasteiger partial charge is 0.377 e. The van der Waals surface area contributed by atoms with Gasteiger partial charge in [-0.05, 0) is 22.9 Å². The maximum atomic E-state index is 12.0. The number of carbonyl (C=O) groups excluding carboxylic acids is 1. The molecule has 7 heteroatoms. The number of nitrogens with zero attached hydrogens (tertiary/aromatic N) is 3. The van der Waals surface area contributed by atoms with Crippen molar-refractivity contribution in [3.8, 4) is 0 Å². The molecule has 1 N–H and O–H groups in total. The molecule has 1 unspecified atom stereocenters. The third-order valence-corrected chi connectivity index (χ3v) is 3.06. The highest BCUT2D eigenvalue weighted by Crippen LogP contribution is 2.16. The lowest BCUT2D eigenvalue weighted by Gasteiger charge is -2.34. The van der Waals surface area contributed by atoms with Crippen molar-refractivity contribution >= 4 is 27.8 Å². The summed E-state index contributed by atoms with van der Waals surface area (Å²) >= 11 is 3.29. The van der Waals surface area contributed by atoms with Gasteiger partial charge in [-0.25, -0.2) is 9.97 Å². The van der Waals surface area contributed by atoms with E-state index in [2.05, 4.69) is 31.2 Å². The Balaban J connectivity index is 2.17. The van der Waals surface area contributed by atoms with Gasteiger partial charge < -0.3 is 15.0 Å². The molecule has 1 atom stereocenters. The van der Waals surface area contributed by atoms with Gasteiger partial charge in [-0.1, -0.05) is 0 Å². The first kappa shape index (κ1) is 13.2. The second kappa shape index (κ2) is 6.10. The standard InChI is InChI=1S/C11H15BrN4O2/c1-2-13-10(17)9-7-18-4-3-16(9)11-14-5-8(12)6-15-11/h5-6,9H,2-4,7H2,1H3,(H,13,17). The van der Waals surface area contributed by atoms with Crippen LogP contribution in [0.2, 0.25) is 0 Å². The normalized spacial score (nSPS) is 19.7. The molecule has 1 saturated heterocycles. The van der Waals surface area contributed by atoms with Gasteiger partial charge in [-0.3, -0.25) is 4.79 Å². The molecular formula is C11H15BrN4O2. The summed E-state index contributed by atoms with van der Waals surface area (Å²) < 4.78 is 6.17. The molecule has 1 fully saturated rings. The molecular weight excluding hydrogens is 300 g/mol. The predicted molar refractivity (Wildman–Crippen MR) is 70.4 cm³/mol. The van der Waals surface area contributed by atoms with Crippen molar-refractivity contribution in [2.45, 2.75) is 13.0 Å². The third kappa shape index (κ3) is 2.97. The fourth-order valence-electron chi connectivity index (χ4n) is 1.81. The second-order valence-electron chi connectivity index (χ2n) is 3.88. The first-order chi connectivity index (χ1) is 8.72. The number of amides is 1. The number of likely N-dealkylation sites (N-methyl/N-ethyl adjacent to an activating group) is 1. The van der Waals surface area contributed by atoms with E-state index < -0.39 is 0 Å². The Morgan fingerprint density at radius 3 is 3.00 bits per heavy atom. The van der Waals surface area contributed by atoms with Gasteiger partial charge >= 0.3 is 0 Å². The molecule has 6 nitrogen and oxygen atoms in total. The van der Waals surface area contributed by atoms with E-state index in [9.17, 15) is 4.79 Å². The number of nitrogens with one attached hydrogen (secondary N) is 1. The Bertz CT molecular complexity index is 412. The number of ether oxygens (including phenoxy) is 1. The second-order valence-corrected chi connectivity index (χ2v) is 4.80. The zero-order valence-corrected chi connectivity index (χ0v) is 11.7. The van der Waals surface area contributed by atoms with Crippen LogP contribution in [0.4, 0.5) is 5.95 Å². The minimum atomic E-state index is -0.361. The Labute approximate surface area is 114 Å². The number of hydrogen-bond donors (Lipinski definition) is 1. The van der Waals surface area contributed by atoms with Gasteiger partial charge in [0.25, 0.3) is 0 Å². The Morgan fingerprint density at radius 2 is 2.33 bits per heavy atom. The van der Waals surface area contributed by atoms with Crippen molar-refractivity contribution in [1.29, 1.82) is 0 Å². The molecule has 0 spiro atoms. The molecule has 1 amide bonds. The minimum absolute atomic E-state index is 0.0521. The molecule has 2 rings (SSSR count). The smallest absolute Gasteiger partial charge is 0.245 e. The predicted octanol–water partition coefficient (Wildman–Crippen LogP) is 0.580. The van der Waals surface area contributed by atoms with E-state index >= 15 is 0 Å². The monoisotopic (exact) mass is 314 g/mol. The van der Waals surface area contributed by atoms with Crippen molar-refractivity contribution in [1.82, 2.24) is 15.3 Å². The van der Waals surface area contributed by atoms with Crippen LogP contribution in [0.1, 0.15) is 6.92 Å². The highest BCUT2D eigenvalue weighted by Gasteiger charge is 2.30. The first-order valence-electron chi connectivity index (χ1n) is 5.82. The summed E-state index contributed by atoms with van der Waals surface area (Å²) in [6.45, 7) is 4.05. The molecule has 0 saturated carbocycles. The van der Waals surface area contributed by atoms with Crippen LogP contribution in [-0.4, -0.2) is 48.2 Å². The van der Waals surface area contributed by atoms with E-state index in [1.807, 2.05) is 11.8 Å². The van der Waals surface area contributed by atoms with Crippen molar-refractivity contribution in [3.05, 3.63) is 16.9 Å². The van der Waals surface area contributed by atoms with Gasteiger partial charge in [0.05, 0.1) is 17.7 Å². The molecule has 1 aromatic heterocycles.